The zero-order chi connectivity index (χ0) is 23.8. The summed E-state index contributed by atoms with van der Waals surface area (Å²) in [5, 5.41) is 2.93. The molecule has 0 spiro atoms. The molecule has 1 N–H and O–H groups in total. The lowest BCUT2D eigenvalue weighted by molar-refractivity contribution is -0.120. The first kappa shape index (κ1) is 23.5. The van der Waals surface area contributed by atoms with E-state index in [0.717, 1.165) is 21.6 Å². The van der Waals surface area contributed by atoms with Gasteiger partial charge in [0.05, 0.1) is 22.2 Å². The van der Waals surface area contributed by atoms with Gasteiger partial charge < -0.3 is 10.1 Å². The minimum atomic E-state index is -3.61. The molecule has 176 valence electrons. The Bertz CT molecular complexity index is 1320. The molecule has 1 aliphatic rings. The van der Waals surface area contributed by atoms with Crippen molar-refractivity contribution in [2.45, 2.75) is 37.6 Å². The number of methoxy groups -OCH3 is 1. The number of benzene rings is 2. The fourth-order valence-electron chi connectivity index (χ4n) is 4.10. The van der Waals surface area contributed by atoms with Crippen LogP contribution in [0.3, 0.4) is 0 Å². The highest BCUT2D eigenvalue weighted by molar-refractivity contribution is 7.89. The minimum absolute atomic E-state index is 0.0195. The van der Waals surface area contributed by atoms with E-state index >= 15 is 0 Å². The maximum Gasteiger partial charge on any atom is 0.308 e. The fraction of sp³-hybridized carbons (Fsp3) is 0.391. The number of nitrogens with one attached hydrogen (secondary N) is 1. The lowest BCUT2D eigenvalue weighted by Gasteiger charge is -2.30. The van der Waals surface area contributed by atoms with Crippen molar-refractivity contribution in [3.8, 4) is 5.75 Å². The van der Waals surface area contributed by atoms with Crippen molar-refractivity contribution < 1.29 is 17.9 Å². The van der Waals surface area contributed by atoms with Gasteiger partial charge in [-0.3, -0.25) is 14.2 Å². The highest BCUT2D eigenvalue weighted by Crippen LogP contribution is 2.28. The molecular formula is C23H27N3O5S2. The van der Waals surface area contributed by atoms with Crippen LogP contribution >= 0.6 is 11.3 Å². The molecule has 0 atom stereocenters. The molecule has 8 nitrogen and oxygen atoms in total. The first-order valence-corrected chi connectivity index (χ1v) is 13.1. The van der Waals surface area contributed by atoms with Gasteiger partial charge in [-0.25, -0.2) is 8.42 Å². The average Bonchev–Trinajstić information content (AvgIpc) is 3.14. The third-order valence-corrected chi connectivity index (χ3v) is 8.75. The largest absolute Gasteiger partial charge is 0.497 e. The Balaban J connectivity index is 1.40. The van der Waals surface area contributed by atoms with Crippen molar-refractivity contribution in [2.24, 2.45) is 5.92 Å². The number of rotatable bonds is 6. The number of piperidine rings is 1. The summed E-state index contributed by atoms with van der Waals surface area (Å²) in [5.41, 5.74) is 1.49. The van der Waals surface area contributed by atoms with Crippen LogP contribution in [0.15, 0.2) is 52.2 Å². The normalized spacial score (nSPS) is 15.8. The molecule has 1 fully saturated rings. The SMILES string of the molecule is COc1ccc(S(=O)(=O)N2CCC(C(=O)Nc3ccc4c(c3)sc(=O)n4C(C)C)CC2)cc1. The second-order valence-electron chi connectivity index (χ2n) is 8.36. The molecule has 10 heteroatoms. The van der Waals surface area contributed by atoms with Crippen LogP contribution < -0.4 is 14.9 Å². The van der Waals surface area contributed by atoms with Gasteiger partial charge in [0.15, 0.2) is 0 Å². The molecule has 2 heterocycles. The van der Waals surface area contributed by atoms with Gasteiger partial charge >= 0.3 is 4.87 Å². The van der Waals surface area contributed by atoms with E-state index in [0.29, 0.717) is 24.3 Å². The summed E-state index contributed by atoms with van der Waals surface area (Å²) in [6.07, 6.45) is 0.890. The third-order valence-electron chi connectivity index (χ3n) is 5.92. The molecule has 4 rings (SSSR count). The molecule has 0 aliphatic carbocycles. The van der Waals surface area contributed by atoms with Gasteiger partial charge in [-0.1, -0.05) is 11.3 Å². The van der Waals surface area contributed by atoms with E-state index in [9.17, 15) is 18.0 Å². The fourth-order valence-corrected chi connectivity index (χ4v) is 6.62. The molecule has 0 unspecified atom stereocenters. The summed E-state index contributed by atoms with van der Waals surface area (Å²) in [7, 11) is -2.08. The Kier molecular flexibility index (Phi) is 6.60. The number of sulfonamides is 1. The number of hydrogen-bond donors (Lipinski definition) is 1. The Hall–Kier alpha value is -2.69. The van der Waals surface area contributed by atoms with E-state index in [1.54, 1.807) is 22.8 Å². The average molecular weight is 490 g/mol. The summed E-state index contributed by atoms with van der Waals surface area (Å²) in [6.45, 7) is 4.49. The van der Waals surface area contributed by atoms with E-state index in [-0.39, 0.29) is 40.7 Å². The molecule has 0 saturated carbocycles. The van der Waals surface area contributed by atoms with Crippen molar-refractivity contribution in [1.82, 2.24) is 8.87 Å². The van der Waals surface area contributed by atoms with Crippen LogP contribution in [-0.4, -0.2) is 43.4 Å². The highest BCUT2D eigenvalue weighted by Gasteiger charge is 2.32. The summed E-state index contributed by atoms with van der Waals surface area (Å²) in [5.74, 6) is 0.184. The molecular weight excluding hydrogens is 462 g/mol. The van der Waals surface area contributed by atoms with Crippen LogP contribution in [-0.2, 0) is 14.8 Å². The van der Waals surface area contributed by atoms with Gasteiger partial charge in [-0.05, 0) is 69.2 Å². The molecule has 1 aliphatic heterocycles. The molecule has 1 amide bonds. The highest BCUT2D eigenvalue weighted by atomic mass is 32.2. The monoisotopic (exact) mass is 489 g/mol. The number of carbonyl (C=O) groups is 1. The van der Waals surface area contributed by atoms with E-state index in [1.165, 1.54) is 23.5 Å². The van der Waals surface area contributed by atoms with Crippen LogP contribution in [0.25, 0.3) is 10.2 Å². The number of carbonyl (C=O) groups excluding carboxylic acids is 1. The van der Waals surface area contributed by atoms with Crippen molar-refractivity contribution in [1.29, 1.82) is 0 Å². The predicted octanol–water partition coefficient (Wildman–Crippen LogP) is 3.69. The first-order valence-electron chi connectivity index (χ1n) is 10.8. The van der Waals surface area contributed by atoms with E-state index in [2.05, 4.69) is 5.32 Å². The lowest BCUT2D eigenvalue weighted by atomic mass is 9.97. The Morgan fingerprint density at radius 2 is 1.79 bits per heavy atom. The molecule has 1 saturated heterocycles. The predicted molar refractivity (Wildman–Crippen MR) is 130 cm³/mol. The van der Waals surface area contributed by atoms with Crippen LogP contribution in [0.5, 0.6) is 5.75 Å². The van der Waals surface area contributed by atoms with Gasteiger partial charge in [0, 0.05) is 30.7 Å². The lowest BCUT2D eigenvalue weighted by Crippen LogP contribution is -2.41. The topological polar surface area (TPSA) is 97.7 Å². The maximum atomic E-state index is 12.9. The molecule has 1 aromatic heterocycles. The number of ether oxygens (including phenoxy) is 1. The van der Waals surface area contributed by atoms with Gasteiger partial charge in [0.2, 0.25) is 15.9 Å². The zero-order valence-corrected chi connectivity index (χ0v) is 20.4. The summed E-state index contributed by atoms with van der Waals surface area (Å²) >= 11 is 1.16. The second kappa shape index (κ2) is 9.28. The Morgan fingerprint density at radius 3 is 2.39 bits per heavy atom. The zero-order valence-electron chi connectivity index (χ0n) is 18.8. The number of aromatic nitrogens is 1. The van der Waals surface area contributed by atoms with Gasteiger partial charge in [0.1, 0.15) is 5.75 Å². The standard InChI is InChI=1S/C23H27N3O5S2/c1-15(2)26-20-9-4-17(14-21(20)32-23(26)28)24-22(27)16-10-12-25(13-11-16)33(29,30)19-7-5-18(31-3)6-8-19/h4-9,14-16H,10-13H2,1-3H3,(H,24,27). The van der Waals surface area contributed by atoms with Crippen molar-refractivity contribution >= 4 is 43.2 Å². The van der Waals surface area contributed by atoms with Crippen molar-refractivity contribution in [2.75, 3.05) is 25.5 Å². The first-order chi connectivity index (χ1) is 15.7. The number of fused-ring (bicyclic) bond motifs is 1. The Labute approximate surface area is 196 Å². The molecule has 2 aromatic carbocycles. The van der Waals surface area contributed by atoms with Crippen molar-refractivity contribution in [3.05, 3.63) is 52.1 Å². The number of nitrogens with zero attached hydrogens (tertiary/aromatic N) is 2. The number of anilines is 1. The van der Waals surface area contributed by atoms with E-state index in [1.807, 2.05) is 26.0 Å². The summed E-state index contributed by atoms with van der Waals surface area (Å²) in [6, 6.07) is 11.8. The van der Waals surface area contributed by atoms with E-state index < -0.39 is 10.0 Å². The number of thiazole rings is 1. The summed E-state index contributed by atoms with van der Waals surface area (Å²) < 4.78 is 34.9. The number of hydrogen-bond acceptors (Lipinski definition) is 6. The van der Waals surface area contributed by atoms with Crippen LogP contribution in [0.2, 0.25) is 0 Å². The van der Waals surface area contributed by atoms with E-state index in [4.69, 9.17) is 4.74 Å². The van der Waals surface area contributed by atoms with Gasteiger partial charge in [-0.15, -0.1) is 0 Å². The Morgan fingerprint density at radius 1 is 1.12 bits per heavy atom. The van der Waals surface area contributed by atoms with Crippen LogP contribution in [0.4, 0.5) is 5.69 Å². The van der Waals surface area contributed by atoms with Crippen molar-refractivity contribution in [3.63, 3.8) is 0 Å². The van der Waals surface area contributed by atoms with Crippen LogP contribution in [0, 0.1) is 5.92 Å². The molecule has 3 aromatic rings. The van der Waals surface area contributed by atoms with Gasteiger partial charge in [-0.2, -0.15) is 4.31 Å². The molecule has 33 heavy (non-hydrogen) atoms. The number of amides is 1. The smallest absolute Gasteiger partial charge is 0.308 e. The van der Waals surface area contributed by atoms with Crippen LogP contribution in [0.1, 0.15) is 32.7 Å². The van der Waals surface area contributed by atoms with Gasteiger partial charge in [0.25, 0.3) is 0 Å². The molecule has 0 radical (unpaired) electrons. The quantitative estimate of drug-likeness (QED) is 0.570. The molecule has 0 bridgehead atoms. The maximum absolute atomic E-state index is 12.9. The third kappa shape index (κ3) is 4.68. The minimum Gasteiger partial charge on any atom is -0.497 e. The second-order valence-corrected chi connectivity index (χ2v) is 11.3. The summed E-state index contributed by atoms with van der Waals surface area (Å²) in [4.78, 5) is 25.3.